The summed E-state index contributed by atoms with van der Waals surface area (Å²) in [6, 6.07) is 8.91. The average molecular weight is 427 g/mol. The molecule has 1 spiro atoms. The number of rotatable bonds is 4. The fourth-order valence-electron chi connectivity index (χ4n) is 4.95. The molecule has 1 aromatic carbocycles. The van der Waals surface area contributed by atoms with Crippen LogP contribution in [-0.4, -0.2) is 76.2 Å². The zero-order chi connectivity index (χ0) is 22.0. The first-order valence-electron chi connectivity index (χ1n) is 11.2. The van der Waals surface area contributed by atoms with Gasteiger partial charge in [0.05, 0.1) is 12.5 Å². The summed E-state index contributed by atoms with van der Waals surface area (Å²) in [6.07, 6.45) is 3.08. The lowest BCUT2D eigenvalue weighted by atomic mass is 9.87. The highest BCUT2D eigenvalue weighted by Gasteiger charge is 2.54. The average Bonchev–Trinajstić information content (AvgIpc) is 3.03. The largest absolute Gasteiger partial charge is 0.343 e. The predicted octanol–water partition coefficient (Wildman–Crippen LogP) is 1.54. The highest BCUT2D eigenvalue weighted by Crippen LogP contribution is 2.32. The van der Waals surface area contributed by atoms with Crippen molar-refractivity contribution in [1.29, 1.82) is 0 Å². The second kappa shape index (κ2) is 8.69. The van der Waals surface area contributed by atoms with Gasteiger partial charge in [-0.05, 0) is 31.2 Å². The highest BCUT2D eigenvalue weighted by atomic mass is 16.2. The molecule has 5 amide bonds. The number of urea groups is 1. The quantitative estimate of drug-likeness (QED) is 0.740. The number of carbonyl (C=O) groups is 4. The highest BCUT2D eigenvalue weighted by molar-refractivity contribution is 6.07. The Hall–Kier alpha value is -2.90. The number of nitrogens with one attached hydrogen (secondary N) is 1. The Kier molecular flexibility index (Phi) is 5.98. The molecular weight excluding hydrogens is 396 g/mol. The summed E-state index contributed by atoms with van der Waals surface area (Å²) in [7, 11) is 0. The Labute approximate surface area is 182 Å². The van der Waals surface area contributed by atoms with E-state index in [2.05, 4.69) is 5.32 Å². The van der Waals surface area contributed by atoms with Crippen molar-refractivity contribution in [3.05, 3.63) is 35.9 Å². The van der Waals surface area contributed by atoms with E-state index in [1.165, 1.54) is 4.90 Å². The molecule has 3 aliphatic heterocycles. The van der Waals surface area contributed by atoms with E-state index in [0.717, 1.165) is 12.0 Å². The molecule has 3 fully saturated rings. The van der Waals surface area contributed by atoms with Crippen LogP contribution in [0.2, 0.25) is 0 Å². The van der Waals surface area contributed by atoms with Gasteiger partial charge in [0.25, 0.3) is 5.91 Å². The van der Waals surface area contributed by atoms with Crippen LogP contribution >= 0.6 is 0 Å². The maximum Gasteiger partial charge on any atom is 0.325 e. The lowest BCUT2D eigenvalue weighted by Crippen LogP contribution is -2.57. The van der Waals surface area contributed by atoms with Crippen LogP contribution in [-0.2, 0) is 20.8 Å². The standard InChI is InChI=1S/C23H30N4O4/c1-2-19(28)25-13-10-23(11-14-25)21(30)27(22(31)24-23)18-9-6-12-26(16-18)20(29)15-17-7-4-3-5-8-17/h3-5,7-8,18H,2,6,9-16H2,1H3,(H,24,31). The minimum atomic E-state index is -0.919. The minimum Gasteiger partial charge on any atom is -0.343 e. The van der Waals surface area contributed by atoms with Gasteiger partial charge in [-0.3, -0.25) is 19.3 Å². The van der Waals surface area contributed by atoms with E-state index >= 15 is 0 Å². The van der Waals surface area contributed by atoms with E-state index in [0.29, 0.717) is 58.3 Å². The number of imide groups is 1. The Bertz CT molecular complexity index is 864. The second-order valence-electron chi connectivity index (χ2n) is 8.72. The number of amides is 5. The third kappa shape index (κ3) is 4.16. The summed E-state index contributed by atoms with van der Waals surface area (Å²) in [5, 5.41) is 2.92. The lowest BCUT2D eigenvalue weighted by Gasteiger charge is -2.39. The predicted molar refractivity (Wildman–Crippen MR) is 114 cm³/mol. The van der Waals surface area contributed by atoms with Crippen LogP contribution in [0, 0.1) is 0 Å². The Morgan fingerprint density at radius 3 is 2.42 bits per heavy atom. The van der Waals surface area contributed by atoms with Crippen LogP contribution in [0.15, 0.2) is 30.3 Å². The zero-order valence-corrected chi connectivity index (χ0v) is 18.0. The molecule has 3 heterocycles. The molecule has 0 aliphatic carbocycles. The maximum absolute atomic E-state index is 13.3. The molecule has 1 aromatic rings. The number of benzene rings is 1. The van der Waals surface area contributed by atoms with Crippen molar-refractivity contribution >= 4 is 23.8 Å². The number of piperidine rings is 2. The van der Waals surface area contributed by atoms with Gasteiger partial charge in [0, 0.05) is 32.6 Å². The molecule has 1 atom stereocenters. The summed E-state index contributed by atoms with van der Waals surface area (Å²) in [6.45, 7) is 3.79. The van der Waals surface area contributed by atoms with Gasteiger partial charge in [0.2, 0.25) is 11.8 Å². The van der Waals surface area contributed by atoms with Crippen molar-refractivity contribution in [3.63, 3.8) is 0 Å². The summed E-state index contributed by atoms with van der Waals surface area (Å²) in [5.74, 6) is -0.115. The first-order chi connectivity index (χ1) is 14.9. The van der Waals surface area contributed by atoms with E-state index in [4.69, 9.17) is 0 Å². The van der Waals surface area contributed by atoms with Crippen molar-refractivity contribution in [3.8, 4) is 0 Å². The third-order valence-electron chi connectivity index (χ3n) is 6.78. The monoisotopic (exact) mass is 426 g/mol. The second-order valence-corrected chi connectivity index (χ2v) is 8.72. The molecule has 0 saturated carbocycles. The smallest absolute Gasteiger partial charge is 0.325 e. The van der Waals surface area contributed by atoms with E-state index in [1.54, 1.807) is 9.80 Å². The van der Waals surface area contributed by atoms with Gasteiger partial charge in [-0.25, -0.2) is 4.79 Å². The van der Waals surface area contributed by atoms with Gasteiger partial charge in [-0.1, -0.05) is 37.3 Å². The number of carbonyl (C=O) groups excluding carboxylic acids is 4. The van der Waals surface area contributed by atoms with E-state index < -0.39 is 5.54 Å². The molecular formula is C23H30N4O4. The Morgan fingerprint density at radius 2 is 1.74 bits per heavy atom. The van der Waals surface area contributed by atoms with E-state index in [9.17, 15) is 19.2 Å². The fourth-order valence-corrected chi connectivity index (χ4v) is 4.95. The van der Waals surface area contributed by atoms with Crippen molar-refractivity contribution in [2.45, 2.75) is 57.0 Å². The SMILES string of the molecule is CCC(=O)N1CCC2(CC1)NC(=O)N(C1CCCN(C(=O)Cc3ccccc3)C1)C2=O. The molecule has 8 nitrogen and oxygen atoms in total. The van der Waals surface area contributed by atoms with Gasteiger partial charge >= 0.3 is 6.03 Å². The fraction of sp³-hybridized carbons (Fsp3) is 0.565. The normalized spacial score (nSPS) is 23.3. The minimum absolute atomic E-state index is 0.0176. The van der Waals surface area contributed by atoms with Crippen molar-refractivity contribution in [1.82, 2.24) is 20.0 Å². The molecule has 0 aromatic heterocycles. The van der Waals surface area contributed by atoms with Crippen molar-refractivity contribution < 1.29 is 19.2 Å². The number of hydrogen-bond donors (Lipinski definition) is 1. The molecule has 4 rings (SSSR count). The topological polar surface area (TPSA) is 90.0 Å². The van der Waals surface area contributed by atoms with Gasteiger partial charge in [-0.15, -0.1) is 0 Å². The van der Waals surface area contributed by atoms with Crippen LogP contribution in [0.25, 0.3) is 0 Å². The maximum atomic E-state index is 13.3. The van der Waals surface area contributed by atoms with Crippen molar-refractivity contribution in [2.24, 2.45) is 0 Å². The zero-order valence-electron chi connectivity index (χ0n) is 18.0. The molecule has 3 aliphatic rings. The summed E-state index contributed by atoms with van der Waals surface area (Å²) in [4.78, 5) is 55.8. The molecule has 166 valence electrons. The first kappa shape index (κ1) is 21.3. The van der Waals surface area contributed by atoms with E-state index in [-0.39, 0.29) is 29.8 Å². The van der Waals surface area contributed by atoms with E-state index in [1.807, 2.05) is 37.3 Å². The molecule has 0 radical (unpaired) electrons. The van der Waals surface area contributed by atoms with Crippen LogP contribution in [0.1, 0.15) is 44.6 Å². The van der Waals surface area contributed by atoms with Crippen LogP contribution in [0.3, 0.4) is 0 Å². The third-order valence-corrected chi connectivity index (χ3v) is 6.78. The Balaban J connectivity index is 1.41. The van der Waals surface area contributed by atoms with Gasteiger partial charge in [0.15, 0.2) is 0 Å². The molecule has 1 N–H and O–H groups in total. The van der Waals surface area contributed by atoms with Crippen LogP contribution < -0.4 is 5.32 Å². The molecule has 8 heteroatoms. The van der Waals surface area contributed by atoms with Gasteiger partial charge in [-0.2, -0.15) is 0 Å². The summed E-state index contributed by atoms with van der Waals surface area (Å²) in [5.41, 5.74) is 0.0368. The summed E-state index contributed by atoms with van der Waals surface area (Å²) >= 11 is 0. The van der Waals surface area contributed by atoms with Gasteiger partial charge < -0.3 is 15.1 Å². The molecule has 0 bridgehead atoms. The van der Waals surface area contributed by atoms with Gasteiger partial charge in [0.1, 0.15) is 5.54 Å². The van der Waals surface area contributed by atoms with Crippen LogP contribution in [0.5, 0.6) is 0 Å². The number of likely N-dealkylation sites (tertiary alicyclic amines) is 2. The lowest BCUT2D eigenvalue weighted by molar-refractivity contribution is -0.141. The Morgan fingerprint density at radius 1 is 1.03 bits per heavy atom. The first-order valence-corrected chi connectivity index (χ1v) is 11.2. The van der Waals surface area contributed by atoms with Crippen LogP contribution in [0.4, 0.5) is 4.79 Å². The molecule has 1 unspecified atom stereocenters. The number of hydrogen-bond acceptors (Lipinski definition) is 4. The molecule has 31 heavy (non-hydrogen) atoms. The summed E-state index contributed by atoms with van der Waals surface area (Å²) < 4.78 is 0. The van der Waals surface area contributed by atoms with Crippen molar-refractivity contribution in [2.75, 3.05) is 26.2 Å². The molecule has 3 saturated heterocycles. The number of nitrogens with zero attached hydrogens (tertiary/aromatic N) is 3.